The highest BCUT2D eigenvalue weighted by atomic mass is 16.1. The van der Waals surface area contributed by atoms with Gasteiger partial charge in [-0.25, -0.2) is 9.50 Å². The van der Waals surface area contributed by atoms with Gasteiger partial charge in [-0.05, 0) is 67.6 Å². The van der Waals surface area contributed by atoms with E-state index in [1.54, 1.807) is 16.9 Å². The predicted octanol–water partition coefficient (Wildman–Crippen LogP) is 3.84. The summed E-state index contributed by atoms with van der Waals surface area (Å²) in [5.41, 5.74) is 6.86. The fraction of sp³-hybridized carbons (Fsp3) is 0.182. The maximum Gasteiger partial charge on any atom is 0.261 e. The lowest BCUT2D eigenvalue weighted by Crippen LogP contribution is -2.12. The van der Waals surface area contributed by atoms with Gasteiger partial charge in [0.1, 0.15) is 5.56 Å². The molecule has 0 saturated heterocycles. The van der Waals surface area contributed by atoms with Gasteiger partial charge in [-0.2, -0.15) is 5.10 Å². The summed E-state index contributed by atoms with van der Waals surface area (Å²) in [7, 11) is 0. The molecule has 6 heteroatoms. The van der Waals surface area contributed by atoms with Gasteiger partial charge < -0.3 is 5.32 Å². The van der Waals surface area contributed by atoms with Crippen LogP contribution >= 0.6 is 0 Å². The van der Waals surface area contributed by atoms with Gasteiger partial charge in [-0.1, -0.05) is 12.1 Å². The minimum atomic E-state index is -0.210. The first-order valence-corrected chi connectivity index (χ1v) is 9.39. The summed E-state index contributed by atoms with van der Waals surface area (Å²) < 4.78 is 1.68. The normalized spacial score (nSPS) is 12.9. The molecule has 0 radical (unpaired) electrons. The summed E-state index contributed by atoms with van der Waals surface area (Å²) in [5, 5.41) is 7.34. The third kappa shape index (κ3) is 2.83. The largest absolute Gasteiger partial charge is 0.322 e. The number of fused-ring (bicyclic) bond motifs is 2. The second-order valence-corrected chi connectivity index (χ2v) is 7.08. The Labute approximate surface area is 162 Å². The number of nitrogens with zero attached hydrogens (tertiary/aromatic N) is 4. The number of amides is 1. The zero-order valence-corrected chi connectivity index (χ0v) is 15.5. The quantitative estimate of drug-likeness (QED) is 0.595. The van der Waals surface area contributed by atoms with Crippen LogP contribution in [0.5, 0.6) is 0 Å². The maximum absolute atomic E-state index is 12.9. The molecule has 0 atom stereocenters. The third-order valence-corrected chi connectivity index (χ3v) is 5.18. The van der Waals surface area contributed by atoms with Crippen molar-refractivity contribution in [1.29, 1.82) is 0 Å². The summed E-state index contributed by atoms with van der Waals surface area (Å²) in [5.74, 6) is -0.210. The van der Waals surface area contributed by atoms with Crippen molar-refractivity contribution in [1.82, 2.24) is 19.6 Å². The number of anilines is 1. The molecule has 1 aliphatic rings. The van der Waals surface area contributed by atoms with Crippen LogP contribution in [0.2, 0.25) is 0 Å². The molecule has 1 amide bonds. The molecule has 28 heavy (non-hydrogen) atoms. The van der Waals surface area contributed by atoms with Crippen LogP contribution < -0.4 is 5.32 Å². The number of hydrogen-bond acceptors (Lipinski definition) is 4. The summed E-state index contributed by atoms with van der Waals surface area (Å²) in [6.45, 7) is 1.94. The first-order valence-electron chi connectivity index (χ1n) is 9.39. The van der Waals surface area contributed by atoms with E-state index in [0.717, 1.165) is 35.6 Å². The van der Waals surface area contributed by atoms with Crippen LogP contribution in [0, 0.1) is 6.92 Å². The van der Waals surface area contributed by atoms with Crippen LogP contribution in [-0.2, 0) is 12.8 Å². The Balaban J connectivity index is 1.51. The van der Waals surface area contributed by atoms with Gasteiger partial charge in [-0.15, -0.1) is 0 Å². The molecule has 0 saturated carbocycles. The highest BCUT2D eigenvalue weighted by Gasteiger charge is 2.18. The van der Waals surface area contributed by atoms with E-state index >= 15 is 0 Å². The highest BCUT2D eigenvalue weighted by Crippen LogP contribution is 2.26. The molecule has 0 unspecified atom stereocenters. The van der Waals surface area contributed by atoms with Gasteiger partial charge in [0.2, 0.25) is 0 Å². The van der Waals surface area contributed by atoms with Crippen molar-refractivity contribution in [3.63, 3.8) is 0 Å². The van der Waals surface area contributed by atoms with Crippen molar-refractivity contribution in [2.75, 3.05) is 5.32 Å². The fourth-order valence-corrected chi connectivity index (χ4v) is 3.77. The summed E-state index contributed by atoms with van der Waals surface area (Å²) >= 11 is 0. The maximum atomic E-state index is 12.9. The van der Waals surface area contributed by atoms with Gasteiger partial charge in [-0.3, -0.25) is 9.78 Å². The van der Waals surface area contributed by atoms with Gasteiger partial charge in [0.15, 0.2) is 5.65 Å². The molecule has 0 aliphatic heterocycles. The van der Waals surface area contributed by atoms with Crippen molar-refractivity contribution < 1.29 is 4.79 Å². The van der Waals surface area contributed by atoms with Crippen LogP contribution in [-0.4, -0.2) is 25.5 Å². The molecule has 4 aromatic rings. The van der Waals surface area contributed by atoms with E-state index in [2.05, 4.69) is 32.5 Å². The van der Waals surface area contributed by atoms with Crippen LogP contribution in [0.15, 0.2) is 54.9 Å². The molecule has 5 rings (SSSR count). The van der Waals surface area contributed by atoms with Gasteiger partial charge in [0.05, 0.1) is 17.6 Å². The van der Waals surface area contributed by atoms with Crippen LogP contribution in [0.1, 0.15) is 33.6 Å². The number of rotatable bonds is 3. The average Bonchev–Trinajstić information content (AvgIpc) is 3.35. The van der Waals surface area contributed by atoms with E-state index in [9.17, 15) is 4.79 Å². The molecular weight excluding hydrogens is 350 g/mol. The molecule has 138 valence electrons. The van der Waals surface area contributed by atoms with E-state index in [1.165, 1.54) is 17.5 Å². The second-order valence-electron chi connectivity index (χ2n) is 7.08. The molecular formula is C22H19N5O. The monoisotopic (exact) mass is 369 g/mol. The Kier molecular flexibility index (Phi) is 3.90. The smallest absolute Gasteiger partial charge is 0.261 e. The lowest BCUT2D eigenvalue weighted by Gasteiger charge is -2.08. The highest BCUT2D eigenvalue weighted by molar-refractivity contribution is 6.08. The van der Waals surface area contributed by atoms with Gasteiger partial charge in [0.25, 0.3) is 5.91 Å². The fourth-order valence-electron chi connectivity index (χ4n) is 3.77. The SMILES string of the molecule is Cc1cc(-c2ccccn2)nc2c(C(=O)Nc3ccc4c(c3)CCC4)cnn12. The number of carbonyl (C=O) groups excluding carboxylic acids is 1. The summed E-state index contributed by atoms with van der Waals surface area (Å²) in [4.78, 5) is 22.0. The van der Waals surface area contributed by atoms with Crippen molar-refractivity contribution in [2.24, 2.45) is 0 Å². The number of benzene rings is 1. The number of aryl methyl sites for hydroxylation is 3. The van der Waals surface area contributed by atoms with E-state index in [4.69, 9.17) is 0 Å². The molecule has 1 aromatic carbocycles. The Morgan fingerprint density at radius 1 is 1.07 bits per heavy atom. The minimum Gasteiger partial charge on any atom is -0.322 e. The van der Waals surface area contributed by atoms with Crippen molar-refractivity contribution in [3.05, 3.63) is 77.2 Å². The summed E-state index contributed by atoms with van der Waals surface area (Å²) in [6.07, 6.45) is 6.68. The van der Waals surface area contributed by atoms with E-state index in [0.29, 0.717) is 11.2 Å². The average molecular weight is 369 g/mol. The molecule has 6 nitrogen and oxygen atoms in total. The predicted molar refractivity (Wildman–Crippen MR) is 107 cm³/mol. The number of pyridine rings is 1. The Bertz CT molecular complexity index is 1200. The van der Waals surface area contributed by atoms with Crippen LogP contribution in [0.4, 0.5) is 5.69 Å². The molecule has 3 aromatic heterocycles. The van der Waals surface area contributed by atoms with E-state index in [1.807, 2.05) is 37.3 Å². The minimum absolute atomic E-state index is 0.210. The zero-order valence-electron chi connectivity index (χ0n) is 15.5. The number of hydrogen-bond donors (Lipinski definition) is 1. The Morgan fingerprint density at radius 3 is 2.82 bits per heavy atom. The van der Waals surface area contributed by atoms with Crippen LogP contribution in [0.3, 0.4) is 0 Å². The van der Waals surface area contributed by atoms with E-state index < -0.39 is 0 Å². The first-order chi connectivity index (χ1) is 13.7. The molecule has 0 fully saturated rings. The van der Waals surface area contributed by atoms with Crippen molar-refractivity contribution >= 4 is 17.2 Å². The standard InChI is InChI=1S/C22H19N5O/c1-14-11-20(19-7-2-3-10-23-19)26-21-18(13-24-27(14)21)22(28)25-17-9-8-15-5-4-6-16(15)12-17/h2-3,7-13H,4-6H2,1H3,(H,25,28). The van der Waals surface area contributed by atoms with Gasteiger partial charge >= 0.3 is 0 Å². The first kappa shape index (κ1) is 16.6. The topological polar surface area (TPSA) is 72.2 Å². The second kappa shape index (κ2) is 6.56. The third-order valence-electron chi connectivity index (χ3n) is 5.18. The Hall–Kier alpha value is -3.54. The molecule has 3 heterocycles. The van der Waals surface area contributed by atoms with Crippen molar-refractivity contribution in [3.8, 4) is 11.4 Å². The van der Waals surface area contributed by atoms with E-state index in [-0.39, 0.29) is 5.91 Å². The molecule has 0 spiro atoms. The molecule has 1 aliphatic carbocycles. The lowest BCUT2D eigenvalue weighted by atomic mass is 10.1. The zero-order chi connectivity index (χ0) is 19.1. The number of nitrogens with one attached hydrogen (secondary N) is 1. The Morgan fingerprint density at radius 2 is 1.96 bits per heavy atom. The van der Waals surface area contributed by atoms with Crippen molar-refractivity contribution in [2.45, 2.75) is 26.2 Å². The number of aromatic nitrogens is 4. The molecule has 0 bridgehead atoms. The summed E-state index contributed by atoms with van der Waals surface area (Å²) in [6, 6.07) is 13.7. The van der Waals surface area contributed by atoms with Crippen LogP contribution in [0.25, 0.3) is 17.0 Å². The molecule has 1 N–H and O–H groups in total. The lowest BCUT2D eigenvalue weighted by molar-refractivity contribution is 0.102. The van der Waals surface area contributed by atoms with Gasteiger partial charge in [0, 0.05) is 17.6 Å². The number of carbonyl (C=O) groups is 1.